The number of carbonyl (C=O) groups is 5. The standard InChI is InChI=1S/C15H25NO.C14H15F4N3O2.C7H5NO2.2CH2O/c1-3-4-5-6-7-8-12-11-13(12)14(17)16-15(2)9-10-15;15-10-4-3-8(6-9(10)14(16,17)18)20-7-12(22)21-5-1-2-11(21)13(19)23;9-7-8-5-3-1-2-4-6(5)10-7;2*1-2/h7-8,12-13H,3-6,9-11H2,1-2H3,(H,16,17);3-4,6,11,20H,1-2,5,7H2,(H2,19,23);1-4H,(H,8,9);2*1H2/b8-7-;;;;. The number of alkyl halides is 3. The first-order valence-corrected chi connectivity index (χ1v) is 17.5. The van der Waals surface area contributed by atoms with Crippen molar-refractivity contribution in [1.29, 1.82) is 0 Å². The van der Waals surface area contributed by atoms with E-state index in [9.17, 15) is 36.7 Å². The van der Waals surface area contributed by atoms with Crippen molar-refractivity contribution in [3.05, 3.63) is 76.5 Å². The van der Waals surface area contributed by atoms with Crippen molar-refractivity contribution in [2.75, 3.05) is 18.4 Å². The molecule has 3 aromatic rings. The van der Waals surface area contributed by atoms with Gasteiger partial charge in [-0.2, -0.15) is 13.2 Å². The number of carbonyl (C=O) groups excluding carboxylic acids is 5. The van der Waals surface area contributed by atoms with Gasteiger partial charge in [0.05, 0.1) is 17.6 Å². The van der Waals surface area contributed by atoms with E-state index in [0.29, 0.717) is 43.0 Å². The van der Waals surface area contributed by atoms with Gasteiger partial charge < -0.3 is 35.3 Å². The summed E-state index contributed by atoms with van der Waals surface area (Å²) in [6, 6.07) is 8.88. The summed E-state index contributed by atoms with van der Waals surface area (Å²) in [4.78, 5) is 65.5. The Balaban J connectivity index is 0.000000284. The number of fused-ring (bicyclic) bond motifs is 1. The second-order valence-corrected chi connectivity index (χ2v) is 13.2. The van der Waals surface area contributed by atoms with Gasteiger partial charge in [-0.15, -0.1) is 0 Å². The van der Waals surface area contributed by atoms with E-state index in [0.717, 1.165) is 30.8 Å². The summed E-state index contributed by atoms with van der Waals surface area (Å²) in [7, 11) is 0. The molecule has 2 aliphatic carbocycles. The maximum Gasteiger partial charge on any atom is 0.419 e. The highest BCUT2D eigenvalue weighted by Crippen LogP contribution is 2.42. The highest BCUT2D eigenvalue weighted by atomic mass is 19.4. The first kappa shape index (κ1) is 44.9. The second-order valence-electron chi connectivity index (χ2n) is 13.2. The molecule has 2 saturated carbocycles. The van der Waals surface area contributed by atoms with E-state index in [-0.39, 0.29) is 29.6 Å². The van der Waals surface area contributed by atoms with Crippen LogP contribution in [-0.4, -0.2) is 65.9 Å². The Morgan fingerprint density at radius 3 is 2.39 bits per heavy atom. The lowest BCUT2D eigenvalue weighted by Gasteiger charge is -2.22. The molecule has 3 aliphatic rings. The van der Waals surface area contributed by atoms with Crippen LogP contribution in [0.5, 0.6) is 0 Å². The van der Waals surface area contributed by atoms with Gasteiger partial charge in [-0.3, -0.25) is 19.4 Å². The number of allylic oxidation sites excluding steroid dienone is 2. The molecular weight excluding hydrogens is 714 g/mol. The third-order valence-corrected chi connectivity index (χ3v) is 8.90. The minimum atomic E-state index is -4.82. The van der Waals surface area contributed by atoms with Crippen LogP contribution >= 0.6 is 0 Å². The smallest absolute Gasteiger partial charge is 0.408 e. The number of nitrogens with two attached hydrogens (primary N) is 1. The van der Waals surface area contributed by atoms with Gasteiger partial charge >= 0.3 is 11.9 Å². The zero-order chi connectivity index (χ0) is 40.5. The van der Waals surface area contributed by atoms with Crippen molar-refractivity contribution in [3.63, 3.8) is 0 Å². The highest BCUT2D eigenvalue weighted by molar-refractivity contribution is 5.89. The average Bonchev–Trinajstić information content (AvgIpc) is 3.97. The number of aromatic amines is 1. The summed E-state index contributed by atoms with van der Waals surface area (Å²) in [6.45, 7) is 8.42. The molecule has 0 bridgehead atoms. The quantitative estimate of drug-likeness (QED) is 0.106. The van der Waals surface area contributed by atoms with E-state index in [1.165, 1.54) is 30.6 Å². The largest absolute Gasteiger partial charge is 0.419 e. The van der Waals surface area contributed by atoms with Crippen LogP contribution in [0.25, 0.3) is 11.1 Å². The van der Waals surface area contributed by atoms with Crippen molar-refractivity contribution >= 4 is 48.1 Å². The predicted molar refractivity (Wildman–Crippen MR) is 196 cm³/mol. The van der Waals surface area contributed by atoms with Crippen molar-refractivity contribution in [1.82, 2.24) is 15.2 Å². The summed E-state index contributed by atoms with van der Waals surface area (Å²) in [5.41, 5.74) is 5.24. The first-order chi connectivity index (χ1) is 25.7. The van der Waals surface area contributed by atoms with Gasteiger partial charge in [-0.1, -0.05) is 44.1 Å². The molecule has 5 N–H and O–H groups in total. The second kappa shape index (κ2) is 21.4. The summed E-state index contributed by atoms with van der Waals surface area (Å²) in [5.74, 6) is -1.77. The van der Waals surface area contributed by atoms with Crippen molar-refractivity contribution < 1.29 is 46.0 Å². The molecule has 3 fully saturated rings. The predicted octanol–water partition coefficient (Wildman–Crippen LogP) is 5.91. The Labute approximate surface area is 310 Å². The molecule has 0 spiro atoms. The number of halogens is 4. The lowest BCUT2D eigenvalue weighted by Crippen LogP contribution is -2.45. The third-order valence-electron chi connectivity index (χ3n) is 8.90. The van der Waals surface area contributed by atoms with Gasteiger partial charge in [0.1, 0.15) is 25.4 Å². The number of anilines is 1. The van der Waals surface area contributed by atoms with Gasteiger partial charge in [-0.05, 0) is 88.1 Å². The molecule has 1 aromatic heterocycles. The fourth-order valence-corrected chi connectivity index (χ4v) is 5.60. The number of rotatable bonds is 11. The van der Waals surface area contributed by atoms with Crippen molar-refractivity contribution in [2.24, 2.45) is 17.6 Å². The number of aromatic nitrogens is 1. The number of nitrogens with zero attached hydrogens (tertiary/aromatic N) is 1. The van der Waals surface area contributed by atoms with Crippen LogP contribution in [0.15, 0.2) is 63.8 Å². The summed E-state index contributed by atoms with van der Waals surface area (Å²) in [6.07, 6.45) is 9.24. The van der Waals surface area contributed by atoms with Gasteiger partial charge in [0.25, 0.3) is 0 Å². The first-order valence-electron chi connectivity index (χ1n) is 17.5. The van der Waals surface area contributed by atoms with Crippen LogP contribution in [0.2, 0.25) is 0 Å². The number of H-pyrrole nitrogens is 1. The number of oxazole rings is 1. The van der Waals surface area contributed by atoms with Crippen LogP contribution in [0.3, 0.4) is 0 Å². The molecule has 2 heterocycles. The molecule has 2 aromatic carbocycles. The summed E-state index contributed by atoms with van der Waals surface area (Å²) in [5, 5.41) is 5.67. The van der Waals surface area contributed by atoms with Crippen molar-refractivity contribution in [3.8, 4) is 0 Å². The molecule has 54 heavy (non-hydrogen) atoms. The molecule has 1 aliphatic heterocycles. The fraction of sp³-hybridized carbons (Fsp3) is 0.474. The lowest BCUT2D eigenvalue weighted by molar-refractivity contribution is -0.140. The maximum atomic E-state index is 13.2. The van der Waals surface area contributed by atoms with Gasteiger partial charge in [-0.25, -0.2) is 9.18 Å². The number of likely N-dealkylation sites (tertiary alicyclic amines) is 1. The highest BCUT2D eigenvalue weighted by Gasteiger charge is 2.46. The lowest BCUT2D eigenvalue weighted by atomic mass is 10.2. The monoisotopic (exact) mass is 763 g/mol. The molecule has 3 unspecified atom stereocenters. The minimum absolute atomic E-state index is 0.0399. The summed E-state index contributed by atoms with van der Waals surface area (Å²) < 4.78 is 55.8. The van der Waals surface area contributed by atoms with Crippen LogP contribution in [0, 0.1) is 17.7 Å². The van der Waals surface area contributed by atoms with Gasteiger partial charge in [0, 0.05) is 23.7 Å². The molecule has 0 radical (unpaired) electrons. The van der Waals surface area contributed by atoms with E-state index in [1.807, 2.05) is 25.7 Å². The Morgan fingerprint density at radius 1 is 1.09 bits per heavy atom. The molecule has 16 heteroatoms. The molecule has 6 rings (SSSR count). The Morgan fingerprint density at radius 2 is 1.78 bits per heavy atom. The number of hydrogen-bond acceptors (Lipinski definition) is 8. The molecule has 296 valence electrons. The average molecular weight is 764 g/mol. The zero-order valence-corrected chi connectivity index (χ0v) is 30.5. The number of nitrogens with one attached hydrogen (secondary N) is 3. The zero-order valence-electron chi connectivity index (χ0n) is 30.5. The third kappa shape index (κ3) is 14.3. The van der Waals surface area contributed by atoms with Crippen LogP contribution < -0.4 is 22.1 Å². The SMILES string of the molecule is C=O.C=O.CCCCC/C=C\C1CC1C(=O)NC1(C)CC1.NC(=O)C1CCCN1C(=O)CNc1ccc(F)c(C(F)(F)F)c1.O=c1[nH]c2ccccc2o1. The fourth-order valence-electron chi connectivity index (χ4n) is 5.60. The topological polar surface area (TPSA) is 185 Å². The number of unbranched alkanes of at least 4 members (excludes halogenated alkanes) is 3. The number of primary amides is 1. The number of para-hydroxylation sites is 2. The van der Waals surface area contributed by atoms with Gasteiger partial charge in [0.2, 0.25) is 17.7 Å². The molecule has 1 saturated heterocycles. The number of amides is 3. The van der Waals surface area contributed by atoms with E-state index < -0.39 is 41.2 Å². The summed E-state index contributed by atoms with van der Waals surface area (Å²) >= 11 is 0. The van der Waals surface area contributed by atoms with E-state index in [2.05, 4.69) is 41.6 Å². The van der Waals surface area contributed by atoms with Crippen LogP contribution in [0.4, 0.5) is 23.2 Å². The molecule has 3 atom stereocenters. The molecule has 12 nitrogen and oxygen atoms in total. The number of benzene rings is 2. The van der Waals surface area contributed by atoms with E-state index in [1.54, 1.807) is 12.1 Å². The normalized spacial score (nSPS) is 19.0. The van der Waals surface area contributed by atoms with E-state index >= 15 is 0 Å². The van der Waals surface area contributed by atoms with Gasteiger partial charge in [0.15, 0.2) is 5.58 Å². The molecule has 3 amide bonds. The maximum absolute atomic E-state index is 13.2. The van der Waals surface area contributed by atoms with Crippen molar-refractivity contribution in [2.45, 2.75) is 89.4 Å². The van der Waals surface area contributed by atoms with E-state index in [4.69, 9.17) is 19.7 Å². The minimum Gasteiger partial charge on any atom is -0.408 e. The Kier molecular flexibility index (Phi) is 17.8. The Hall–Kier alpha value is -5.28. The van der Waals surface area contributed by atoms with Crippen LogP contribution in [0.1, 0.15) is 77.2 Å². The number of hydrogen-bond donors (Lipinski definition) is 4. The molecular formula is C38H49F4N5O7. The van der Waals surface area contributed by atoms with Crippen LogP contribution in [-0.2, 0) is 30.1 Å². The Bertz CT molecular complexity index is 1720.